The summed E-state index contributed by atoms with van der Waals surface area (Å²) in [6, 6.07) is 4.19. The van der Waals surface area contributed by atoms with E-state index in [-0.39, 0.29) is 29.1 Å². The van der Waals surface area contributed by atoms with Crippen LogP contribution >= 0.6 is 0 Å². The first-order chi connectivity index (χ1) is 11.8. The molecule has 1 saturated heterocycles. The van der Waals surface area contributed by atoms with E-state index in [4.69, 9.17) is 4.74 Å². The fourth-order valence-electron chi connectivity index (χ4n) is 2.85. The monoisotopic (exact) mass is 370 g/mol. The van der Waals surface area contributed by atoms with Crippen LogP contribution < -0.4 is 10.0 Å². The fraction of sp³-hybridized carbons (Fsp3) is 0.588. The zero-order valence-corrected chi connectivity index (χ0v) is 15.4. The number of carboxylic acids is 1. The highest BCUT2D eigenvalue weighted by Crippen LogP contribution is 2.25. The lowest BCUT2D eigenvalue weighted by molar-refractivity contribution is 0.0696. The van der Waals surface area contributed by atoms with E-state index < -0.39 is 16.0 Å². The van der Waals surface area contributed by atoms with Crippen LogP contribution in [0.3, 0.4) is 0 Å². The van der Waals surface area contributed by atoms with Crippen LogP contribution in [0.2, 0.25) is 0 Å². The number of carboxylic acid groups (broad SMARTS) is 1. The van der Waals surface area contributed by atoms with Gasteiger partial charge in [-0.05, 0) is 44.4 Å². The minimum absolute atomic E-state index is 0.0478. The Balaban J connectivity index is 2.26. The quantitative estimate of drug-likeness (QED) is 0.617. The first kappa shape index (κ1) is 19.7. The third-order valence-corrected chi connectivity index (χ3v) is 5.63. The average molecular weight is 370 g/mol. The summed E-state index contributed by atoms with van der Waals surface area (Å²) >= 11 is 0. The highest BCUT2D eigenvalue weighted by molar-refractivity contribution is 7.89. The van der Waals surface area contributed by atoms with Crippen molar-refractivity contribution in [3.63, 3.8) is 0 Å². The lowest BCUT2D eigenvalue weighted by Crippen LogP contribution is -2.32. The normalized spacial score (nSPS) is 18.9. The topological polar surface area (TPSA) is 105 Å². The number of rotatable bonds is 9. The molecule has 1 aromatic carbocycles. The van der Waals surface area contributed by atoms with Gasteiger partial charge in [-0.3, -0.25) is 0 Å². The number of hydrogen-bond donors (Lipinski definition) is 3. The molecule has 3 N–H and O–H groups in total. The summed E-state index contributed by atoms with van der Waals surface area (Å²) in [7, 11) is -3.85. The molecule has 8 heteroatoms. The van der Waals surface area contributed by atoms with E-state index in [1.807, 2.05) is 13.8 Å². The van der Waals surface area contributed by atoms with Gasteiger partial charge in [0.2, 0.25) is 10.0 Å². The van der Waals surface area contributed by atoms with E-state index in [9.17, 15) is 18.3 Å². The maximum absolute atomic E-state index is 12.7. The maximum Gasteiger partial charge on any atom is 0.335 e. The Morgan fingerprint density at radius 3 is 2.80 bits per heavy atom. The Bertz CT molecular complexity index is 699. The molecule has 0 spiro atoms. The maximum atomic E-state index is 12.7. The summed E-state index contributed by atoms with van der Waals surface area (Å²) in [5, 5.41) is 12.3. The Morgan fingerprint density at radius 2 is 2.20 bits per heavy atom. The van der Waals surface area contributed by atoms with E-state index in [1.165, 1.54) is 18.2 Å². The Morgan fingerprint density at radius 1 is 1.44 bits per heavy atom. The summed E-state index contributed by atoms with van der Waals surface area (Å²) in [5.41, 5.74) is 0.344. The molecule has 0 aliphatic carbocycles. The molecule has 0 unspecified atom stereocenters. The molecule has 140 valence electrons. The second-order valence-electron chi connectivity index (χ2n) is 6.34. The number of anilines is 1. The van der Waals surface area contributed by atoms with Crippen molar-refractivity contribution in [2.75, 3.05) is 18.5 Å². The smallest absolute Gasteiger partial charge is 0.335 e. The second-order valence-corrected chi connectivity index (χ2v) is 8.07. The van der Waals surface area contributed by atoms with Crippen LogP contribution in [0.25, 0.3) is 0 Å². The first-order valence-corrected chi connectivity index (χ1v) is 10.1. The van der Waals surface area contributed by atoms with Crippen molar-refractivity contribution in [1.82, 2.24) is 4.72 Å². The van der Waals surface area contributed by atoms with E-state index in [0.717, 1.165) is 25.7 Å². The van der Waals surface area contributed by atoms with Gasteiger partial charge in [-0.1, -0.05) is 13.3 Å². The van der Waals surface area contributed by atoms with Gasteiger partial charge < -0.3 is 15.2 Å². The molecule has 1 aliphatic heterocycles. The Hall–Kier alpha value is -1.64. The van der Waals surface area contributed by atoms with Crippen molar-refractivity contribution in [3.8, 4) is 0 Å². The third-order valence-electron chi connectivity index (χ3n) is 4.17. The van der Waals surface area contributed by atoms with Crippen molar-refractivity contribution in [1.29, 1.82) is 0 Å². The number of hydrogen-bond acceptors (Lipinski definition) is 5. The number of carbonyl (C=O) groups is 1. The second kappa shape index (κ2) is 8.64. The van der Waals surface area contributed by atoms with Gasteiger partial charge in [0, 0.05) is 19.2 Å². The highest BCUT2D eigenvalue weighted by atomic mass is 32.2. The largest absolute Gasteiger partial charge is 0.478 e. The van der Waals surface area contributed by atoms with Gasteiger partial charge in [-0.15, -0.1) is 0 Å². The first-order valence-electron chi connectivity index (χ1n) is 8.58. The summed E-state index contributed by atoms with van der Waals surface area (Å²) in [6.07, 6.45) is 3.44. The van der Waals surface area contributed by atoms with Crippen LogP contribution in [0.4, 0.5) is 5.69 Å². The molecular weight excluding hydrogens is 344 g/mol. The van der Waals surface area contributed by atoms with Crippen LogP contribution in [0.15, 0.2) is 23.1 Å². The summed E-state index contributed by atoms with van der Waals surface area (Å²) in [6.45, 7) is 4.84. The molecule has 0 bridgehead atoms. The SMILES string of the molecule is CCC[C@H](C)Nc1ccc(C(=O)O)cc1S(=O)(=O)NC[C@H]1CCCO1. The lowest BCUT2D eigenvalue weighted by atomic mass is 10.1. The molecule has 1 aromatic rings. The minimum Gasteiger partial charge on any atom is -0.478 e. The fourth-order valence-corrected chi connectivity index (χ4v) is 4.11. The molecule has 0 aromatic heterocycles. The number of ether oxygens (including phenoxy) is 1. The van der Waals surface area contributed by atoms with Gasteiger partial charge >= 0.3 is 5.97 Å². The summed E-state index contributed by atoms with van der Waals surface area (Å²) < 4.78 is 33.4. The van der Waals surface area contributed by atoms with Crippen LogP contribution in [0.5, 0.6) is 0 Å². The highest BCUT2D eigenvalue weighted by Gasteiger charge is 2.24. The summed E-state index contributed by atoms with van der Waals surface area (Å²) in [4.78, 5) is 11.2. The minimum atomic E-state index is -3.85. The standard InChI is InChI=1S/C17H26N2O5S/c1-3-5-12(2)19-15-8-7-13(17(20)21)10-16(15)25(22,23)18-11-14-6-4-9-24-14/h7-8,10,12,14,18-19H,3-6,9,11H2,1-2H3,(H,20,21)/t12-,14+/m0/s1. The molecule has 0 amide bonds. The van der Waals surface area contributed by atoms with Crippen LogP contribution in [0, 0.1) is 0 Å². The van der Waals surface area contributed by atoms with E-state index in [0.29, 0.717) is 12.3 Å². The number of benzene rings is 1. The van der Waals surface area contributed by atoms with Crippen molar-refractivity contribution < 1.29 is 23.1 Å². The zero-order valence-electron chi connectivity index (χ0n) is 14.6. The number of aromatic carboxylic acids is 1. The van der Waals surface area contributed by atoms with Gasteiger partial charge in [0.15, 0.2) is 0 Å². The Kier molecular flexibility index (Phi) is 6.80. The number of sulfonamides is 1. The molecule has 7 nitrogen and oxygen atoms in total. The van der Waals surface area contributed by atoms with E-state index in [2.05, 4.69) is 10.0 Å². The molecule has 1 fully saturated rings. The van der Waals surface area contributed by atoms with Gasteiger partial charge in [0.25, 0.3) is 0 Å². The van der Waals surface area contributed by atoms with Gasteiger partial charge in [-0.25, -0.2) is 17.9 Å². The molecule has 1 heterocycles. The summed E-state index contributed by atoms with van der Waals surface area (Å²) in [5.74, 6) is -1.16. The molecular formula is C17H26N2O5S. The van der Waals surface area contributed by atoms with Crippen LogP contribution in [-0.4, -0.2) is 44.8 Å². The average Bonchev–Trinajstić information content (AvgIpc) is 3.07. The van der Waals surface area contributed by atoms with Crippen LogP contribution in [0.1, 0.15) is 49.9 Å². The molecule has 2 rings (SSSR count). The lowest BCUT2D eigenvalue weighted by Gasteiger charge is -2.19. The molecule has 1 aliphatic rings. The molecule has 25 heavy (non-hydrogen) atoms. The Labute approximate surface area is 148 Å². The molecule has 0 saturated carbocycles. The van der Waals surface area contributed by atoms with Crippen molar-refractivity contribution in [3.05, 3.63) is 23.8 Å². The zero-order chi connectivity index (χ0) is 18.4. The molecule has 2 atom stereocenters. The van der Waals surface area contributed by atoms with E-state index >= 15 is 0 Å². The number of nitrogens with one attached hydrogen (secondary N) is 2. The predicted octanol–water partition coefficient (Wildman–Crippen LogP) is 2.44. The molecule has 0 radical (unpaired) electrons. The van der Waals surface area contributed by atoms with E-state index in [1.54, 1.807) is 0 Å². The third kappa shape index (κ3) is 5.42. The van der Waals surface area contributed by atoms with Crippen molar-refractivity contribution in [2.24, 2.45) is 0 Å². The van der Waals surface area contributed by atoms with Crippen molar-refractivity contribution in [2.45, 2.75) is 56.6 Å². The van der Waals surface area contributed by atoms with Crippen LogP contribution in [-0.2, 0) is 14.8 Å². The van der Waals surface area contributed by atoms with Crippen molar-refractivity contribution >= 4 is 21.7 Å². The van der Waals surface area contributed by atoms with Gasteiger partial charge in [0.05, 0.1) is 17.4 Å². The van der Waals surface area contributed by atoms with Gasteiger partial charge in [0.1, 0.15) is 4.90 Å². The predicted molar refractivity (Wildman–Crippen MR) is 95.6 cm³/mol. The van der Waals surface area contributed by atoms with Gasteiger partial charge in [-0.2, -0.15) is 0 Å².